The van der Waals surface area contributed by atoms with Gasteiger partial charge in [-0.05, 0) is 62.4 Å². The van der Waals surface area contributed by atoms with Gasteiger partial charge in [0.25, 0.3) is 0 Å². The highest BCUT2D eigenvalue weighted by molar-refractivity contribution is 4.94. The second kappa shape index (κ2) is 6.13. The van der Waals surface area contributed by atoms with Gasteiger partial charge in [-0.15, -0.1) is 0 Å². The van der Waals surface area contributed by atoms with Gasteiger partial charge >= 0.3 is 0 Å². The minimum Gasteiger partial charge on any atom is -0.330 e. The highest BCUT2D eigenvalue weighted by Gasteiger charge is 2.40. The summed E-state index contributed by atoms with van der Waals surface area (Å²) in [4.78, 5) is 2.82. The average molecular weight is 266 g/mol. The van der Waals surface area contributed by atoms with Crippen LogP contribution in [0.25, 0.3) is 0 Å². The molecule has 2 nitrogen and oxygen atoms in total. The molecule has 2 rings (SSSR count). The van der Waals surface area contributed by atoms with Crippen LogP contribution in [0.5, 0.6) is 0 Å². The molecule has 112 valence electrons. The first-order chi connectivity index (χ1) is 8.98. The van der Waals surface area contributed by atoms with Gasteiger partial charge in [0, 0.05) is 12.1 Å². The highest BCUT2D eigenvalue weighted by Crippen LogP contribution is 2.42. The summed E-state index contributed by atoms with van der Waals surface area (Å²) in [5.74, 6) is 1.59. The molecule has 2 aliphatic rings. The van der Waals surface area contributed by atoms with Crippen molar-refractivity contribution in [2.75, 3.05) is 13.1 Å². The molecule has 0 amide bonds. The van der Waals surface area contributed by atoms with Crippen molar-refractivity contribution in [1.82, 2.24) is 4.90 Å². The summed E-state index contributed by atoms with van der Waals surface area (Å²) in [6.45, 7) is 11.8. The number of nitrogens with two attached hydrogens (primary N) is 1. The largest absolute Gasteiger partial charge is 0.330 e. The lowest BCUT2D eigenvalue weighted by atomic mass is 9.70. The zero-order valence-corrected chi connectivity index (χ0v) is 13.5. The first kappa shape index (κ1) is 15.3. The molecular formula is C17H34N2. The molecule has 4 atom stereocenters. The maximum absolute atomic E-state index is 6.00. The first-order valence-corrected chi connectivity index (χ1v) is 8.44. The van der Waals surface area contributed by atoms with Gasteiger partial charge in [-0.2, -0.15) is 0 Å². The number of hydrogen-bond acceptors (Lipinski definition) is 2. The summed E-state index contributed by atoms with van der Waals surface area (Å²) in [6, 6.07) is 1.57. The predicted octanol–water partition coefficient (Wildman–Crippen LogP) is 3.65. The quantitative estimate of drug-likeness (QED) is 0.841. The molecule has 2 heteroatoms. The lowest BCUT2D eigenvalue weighted by Crippen LogP contribution is -2.51. The van der Waals surface area contributed by atoms with Crippen LogP contribution in [0.3, 0.4) is 0 Å². The van der Waals surface area contributed by atoms with Crippen molar-refractivity contribution < 1.29 is 0 Å². The maximum Gasteiger partial charge on any atom is 0.0138 e. The van der Waals surface area contributed by atoms with Crippen LogP contribution in [0, 0.1) is 17.3 Å². The van der Waals surface area contributed by atoms with Crippen molar-refractivity contribution in [3.8, 4) is 0 Å². The van der Waals surface area contributed by atoms with E-state index < -0.39 is 0 Å². The summed E-state index contributed by atoms with van der Waals surface area (Å²) in [5, 5.41) is 0. The van der Waals surface area contributed by atoms with Gasteiger partial charge in [-0.25, -0.2) is 0 Å². The monoisotopic (exact) mass is 266 g/mol. The smallest absolute Gasteiger partial charge is 0.0138 e. The molecule has 0 bridgehead atoms. The number of hydrogen-bond donors (Lipinski definition) is 1. The molecule has 2 N–H and O–H groups in total. The molecule has 2 aliphatic carbocycles. The van der Waals surface area contributed by atoms with Gasteiger partial charge in [0.15, 0.2) is 0 Å². The van der Waals surface area contributed by atoms with Crippen molar-refractivity contribution in [3.63, 3.8) is 0 Å². The summed E-state index contributed by atoms with van der Waals surface area (Å²) >= 11 is 0. The molecule has 0 heterocycles. The van der Waals surface area contributed by atoms with Crippen LogP contribution in [-0.4, -0.2) is 30.1 Å². The third kappa shape index (κ3) is 3.33. The van der Waals surface area contributed by atoms with Crippen LogP contribution in [0.4, 0.5) is 0 Å². The van der Waals surface area contributed by atoms with Crippen LogP contribution in [0.2, 0.25) is 0 Å². The Hall–Kier alpha value is -0.0800. The Morgan fingerprint density at radius 2 is 1.89 bits per heavy atom. The zero-order valence-electron chi connectivity index (χ0n) is 13.5. The third-order valence-electron chi connectivity index (χ3n) is 5.79. The van der Waals surface area contributed by atoms with Crippen LogP contribution in [0.1, 0.15) is 66.2 Å². The Bertz CT molecular complexity index is 287. The maximum atomic E-state index is 6.00. The van der Waals surface area contributed by atoms with Crippen molar-refractivity contribution >= 4 is 0 Å². The van der Waals surface area contributed by atoms with Gasteiger partial charge in [0.1, 0.15) is 0 Å². The molecule has 0 aliphatic heterocycles. The first-order valence-electron chi connectivity index (χ1n) is 8.44. The highest BCUT2D eigenvalue weighted by atomic mass is 15.2. The van der Waals surface area contributed by atoms with Crippen LogP contribution < -0.4 is 5.73 Å². The van der Waals surface area contributed by atoms with Crippen molar-refractivity contribution in [1.29, 1.82) is 0 Å². The molecule has 0 radical (unpaired) electrons. The van der Waals surface area contributed by atoms with E-state index in [-0.39, 0.29) is 0 Å². The molecule has 0 aromatic rings. The van der Waals surface area contributed by atoms with Crippen LogP contribution in [-0.2, 0) is 0 Å². The standard InChI is InChI=1S/C17H34N2/c1-5-19(16-8-6-7-14(16)12-18)15-9-10-17(3,4)11-13(15)2/h13-16H,5-12,18H2,1-4H3. The van der Waals surface area contributed by atoms with Gasteiger partial charge in [0.05, 0.1) is 0 Å². The second-order valence-electron chi connectivity index (χ2n) is 7.78. The summed E-state index contributed by atoms with van der Waals surface area (Å²) in [5.41, 5.74) is 6.55. The summed E-state index contributed by atoms with van der Waals surface area (Å²) in [7, 11) is 0. The van der Waals surface area contributed by atoms with Gasteiger partial charge in [-0.1, -0.05) is 34.1 Å². The Kier molecular flexibility index (Phi) is 4.94. The van der Waals surface area contributed by atoms with Gasteiger partial charge in [-0.3, -0.25) is 4.90 Å². The van der Waals surface area contributed by atoms with Gasteiger partial charge < -0.3 is 5.73 Å². The Labute approximate surface area is 120 Å². The van der Waals surface area contributed by atoms with E-state index >= 15 is 0 Å². The summed E-state index contributed by atoms with van der Waals surface area (Å²) < 4.78 is 0. The van der Waals surface area contributed by atoms with E-state index in [1.807, 2.05) is 0 Å². The lowest BCUT2D eigenvalue weighted by molar-refractivity contribution is 0.0246. The molecule has 2 saturated carbocycles. The Morgan fingerprint density at radius 1 is 1.16 bits per heavy atom. The van der Waals surface area contributed by atoms with Crippen LogP contribution in [0.15, 0.2) is 0 Å². The fourth-order valence-corrected chi connectivity index (χ4v) is 4.87. The third-order valence-corrected chi connectivity index (χ3v) is 5.79. The van der Waals surface area contributed by atoms with E-state index in [1.165, 1.54) is 45.1 Å². The normalized spacial score (nSPS) is 38.8. The molecule has 19 heavy (non-hydrogen) atoms. The second-order valence-corrected chi connectivity index (χ2v) is 7.78. The molecule has 0 saturated heterocycles. The van der Waals surface area contributed by atoms with Crippen molar-refractivity contribution in [2.24, 2.45) is 23.0 Å². The number of rotatable bonds is 4. The zero-order chi connectivity index (χ0) is 14.0. The lowest BCUT2D eigenvalue weighted by Gasteiger charge is -2.47. The molecule has 0 aromatic carbocycles. The predicted molar refractivity (Wildman–Crippen MR) is 83.1 cm³/mol. The van der Waals surface area contributed by atoms with E-state index in [0.717, 1.165) is 30.5 Å². The van der Waals surface area contributed by atoms with E-state index in [2.05, 4.69) is 32.6 Å². The average Bonchev–Trinajstić information content (AvgIpc) is 2.80. The fraction of sp³-hybridized carbons (Fsp3) is 1.00. The van der Waals surface area contributed by atoms with E-state index in [4.69, 9.17) is 5.73 Å². The molecule has 2 fully saturated rings. The topological polar surface area (TPSA) is 29.3 Å². The molecule has 0 spiro atoms. The van der Waals surface area contributed by atoms with Crippen LogP contribution >= 0.6 is 0 Å². The van der Waals surface area contributed by atoms with Crippen molar-refractivity contribution in [2.45, 2.75) is 78.3 Å². The Balaban J connectivity index is 2.05. The minimum atomic E-state index is 0.554. The number of nitrogens with zero attached hydrogens (tertiary/aromatic N) is 1. The molecule has 4 unspecified atom stereocenters. The van der Waals surface area contributed by atoms with E-state index in [0.29, 0.717) is 5.41 Å². The van der Waals surface area contributed by atoms with E-state index in [9.17, 15) is 0 Å². The SMILES string of the molecule is CCN(C1CCC(C)(C)CC1C)C1CCCC1CN. The Morgan fingerprint density at radius 3 is 2.47 bits per heavy atom. The van der Waals surface area contributed by atoms with Gasteiger partial charge in [0.2, 0.25) is 0 Å². The molecule has 0 aromatic heterocycles. The van der Waals surface area contributed by atoms with E-state index in [1.54, 1.807) is 0 Å². The van der Waals surface area contributed by atoms with Crippen molar-refractivity contribution in [3.05, 3.63) is 0 Å². The molecular weight excluding hydrogens is 232 g/mol. The summed E-state index contributed by atoms with van der Waals surface area (Å²) in [6.07, 6.45) is 8.27. The fourth-order valence-electron chi connectivity index (χ4n) is 4.87. The minimum absolute atomic E-state index is 0.554.